The van der Waals surface area contributed by atoms with Crippen molar-refractivity contribution < 1.29 is 17.9 Å². The van der Waals surface area contributed by atoms with Crippen LogP contribution in [-0.4, -0.2) is 44.7 Å². The van der Waals surface area contributed by atoms with Crippen molar-refractivity contribution in [2.24, 2.45) is 5.92 Å². The summed E-state index contributed by atoms with van der Waals surface area (Å²) in [6.45, 7) is 5.13. The minimum Gasteiger partial charge on any atom is -0.490 e. The van der Waals surface area contributed by atoms with Crippen molar-refractivity contribution >= 4 is 21.7 Å². The predicted molar refractivity (Wildman–Crippen MR) is 106 cm³/mol. The summed E-state index contributed by atoms with van der Waals surface area (Å²) < 4.78 is 39.1. The average molecular weight is 404 g/mol. The number of anilines is 2. The molecule has 150 valence electrons. The van der Waals surface area contributed by atoms with Crippen molar-refractivity contribution in [2.75, 3.05) is 35.9 Å². The van der Waals surface area contributed by atoms with E-state index in [-0.39, 0.29) is 4.90 Å². The Morgan fingerprint density at radius 3 is 2.46 bits per heavy atom. The van der Waals surface area contributed by atoms with Crippen molar-refractivity contribution in [3.63, 3.8) is 0 Å². The van der Waals surface area contributed by atoms with E-state index < -0.39 is 10.0 Å². The minimum atomic E-state index is -3.78. The maximum absolute atomic E-state index is 12.7. The Labute approximate surface area is 164 Å². The summed E-state index contributed by atoms with van der Waals surface area (Å²) in [5.41, 5.74) is 0.321. The molecule has 4 rings (SSSR count). The highest BCUT2D eigenvalue weighted by Crippen LogP contribution is 2.32. The second-order valence-corrected chi connectivity index (χ2v) is 8.89. The van der Waals surface area contributed by atoms with Gasteiger partial charge >= 0.3 is 0 Å². The largest absolute Gasteiger partial charge is 0.490 e. The first-order valence-electron chi connectivity index (χ1n) is 9.51. The van der Waals surface area contributed by atoms with Crippen LogP contribution in [0, 0.1) is 5.92 Å². The number of aromatic nitrogens is 2. The SMILES string of the molecule is CC1CCN(c2ncc(NS(=O)(=O)c3ccc4c(c3)OCCCO4)cn2)CC1. The second kappa shape index (κ2) is 7.83. The molecule has 9 heteroatoms. The molecule has 0 amide bonds. The van der Waals surface area contributed by atoms with Crippen molar-refractivity contribution in [1.82, 2.24) is 9.97 Å². The van der Waals surface area contributed by atoms with Crippen LogP contribution in [0.1, 0.15) is 26.2 Å². The van der Waals surface area contributed by atoms with Crippen LogP contribution in [0.5, 0.6) is 11.5 Å². The topological polar surface area (TPSA) is 93.7 Å². The Balaban J connectivity index is 1.48. The number of sulfonamides is 1. The lowest BCUT2D eigenvalue weighted by atomic mass is 10.00. The zero-order valence-electron chi connectivity index (χ0n) is 15.8. The molecule has 0 spiro atoms. The molecular formula is C19H24N4O4S. The summed E-state index contributed by atoms with van der Waals surface area (Å²) >= 11 is 0. The number of piperidine rings is 1. The van der Waals surface area contributed by atoms with Crippen LogP contribution in [0.15, 0.2) is 35.5 Å². The number of rotatable bonds is 4. The van der Waals surface area contributed by atoms with E-state index in [2.05, 4.69) is 26.5 Å². The molecule has 1 aromatic heterocycles. The Morgan fingerprint density at radius 1 is 1.07 bits per heavy atom. The molecule has 0 saturated carbocycles. The zero-order valence-corrected chi connectivity index (χ0v) is 16.6. The molecule has 0 atom stereocenters. The highest BCUT2D eigenvalue weighted by atomic mass is 32.2. The summed E-state index contributed by atoms with van der Waals surface area (Å²) in [4.78, 5) is 10.9. The molecule has 8 nitrogen and oxygen atoms in total. The number of nitrogens with one attached hydrogen (secondary N) is 1. The van der Waals surface area contributed by atoms with Crippen LogP contribution < -0.4 is 19.1 Å². The fourth-order valence-corrected chi connectivity index (χ4v) is 4.31. The molecule has 3 heterocycles. The quantitative estimate of drug-likeness (QED) is 0.837. The maximum atomic E-state index is 12.7. The fraction of sp³-hybridized carbons (Fsp3) is 0.474. The summed E-state index contributed by atoms with van der Waals surface area (Å²) in [5.74, 6) is 2.34. The Morgan fingerprint density at radius 2 is 1.75 bits per heavy atom. The normalized spacial score (nSPS) is 17.8. The van der Waals surface area contributed by atoms with Crippen LogP contribution in [0.2, 0.25) is 0 Å². The van der Waals surface area contributed by atoms with Gasteiger partial charge in [-0.05, 0) is 30.9 Å². The van der Waals surface area contributed by atoms with Gasteiger partial charge in [-0.15, -0.1) is 0 Å². The molecule has 2 aliphatic rings. The lowest BCUT2D eigenvalue weighted by Crippen LogP contribution is -2.34. The molecular weight excluding hydrogens is 380 g/mol. The number of hydrogen-bond donors (Lipinski definition) is 1. The minimum absolute atomic E-state index is 0.103. The molecule has 1 aromatic carbocycles. The predicted octanol–water partition coefficient (Wildman–Crippen LogP) is 2.68. The monoisotopic (exact) mass is 404 g/mol. The number of hydrogen-bond acceptors (Lipinski definition) is 7. The third-order valence-corrected chi connectivity index (χ3v) is 6.37. The van der Waals surface area contributed by atoms with E-state index >= 15 is 0 Å². The van der Waals surface area contributed by atoms with Crippen LogP contribution in [0.4, 0.5) is 11.6 Å². The highest BCUT2D eigenvalue weighted by Gasteiger charge is 2.21. The molecule has 0 bridgehead atoms. The standard InChI is InChI=1S/C19H24N4O4S/c1-14-5-7-23(8-6-14)19-20-12-15(13-21-19)22-28(24,25)16-3-4-17-18(11-16)27-10-2-9-26-17/h3-4,11-14,22H,2,5-10H2,1H3. The van der Waals surface area contributed by atoms with Gasteiger partial charge in [0.25, 0.3) is 10.0 Å². The van der Waals surface area contributed by atoms with Gasteiger partial charge in [-0.25, -0.2) is 18.4 Å². The van der Waals surface area contributed by atoms with E-state index in [0.29, 0.717) is 36.3 Å². The summed E-state index contributed by atoms with van der Waals surface area (Å²) in [6, 6.07) is 4.60. The van der Waals surface area contributed by atoms with Crippen molar-refractivity contribution in [2.45, 2.75) is 31.1 Å². The van der Waals surface area contributed by atoms with E-state index in [4.69, 9.17) is 9.47 Å². The van der Waals surface area contributed by atoms with Gasteiger partial charge in [0.1, 0.15) is 0 Å². The van der Waals surface area contributed by atoms with E-state index in [1.165, 1.54) is 24.5 Å². The third kappa shape index (κ3) is 4.14. The lowest BCUT2D eigenvalue weighted by Gasteiger charge is -2.30. The smallest absolute Gasteiger partial charge is 0.262 e. The van der Waals surface area contributed by atoms with Crippen molar-refractivity contribution in [3.8, 4) is 11.5 Å². The highest BCUT2D eigenvalue weighted by molar-refractivity contribution is 7.92. The summed E-state index contributed by atoms with van der Waals surface area (Å²) in [5, 5.41) is 0. The van der Waals surface area contributed by atoms with Crippen molar-refractivity contribution in [3.05, 3.63) is 30.6 Å². The molecule has 2 aromatic rings. The summed E-state index contributed by atoms with van der Waals surface area (Å²) in [6.07, 6.45) is 5.99. The second-order valence-electron chi connectivity index (χ2n) is 7.21. The van der Waals surface area contributed by atoms with Crippen LogP contribution >= 0.6 is 0 Å². The van der Waals surface area contributed by atoms with E-state index in [1.54, 1.807) is 6.07 Å². The third-order valence-electron chi connectivity index (χ3n) is 4.99. The van der Waals surface area contributed by atoms with Gasteiger partial charge in [-0.3, -0.25) is 4.72 Å². The first-order valence-corrected chi connectivity index (χ1v) is 11.0. The number of nitrogens with zero attached hydrogens (tertiary/aromatic N) is 3. The molecule has 0 unspecified atom stereocenters. The van der Waals surface area contributed by atoms with Gasteiger partial charge in [-0.2, -0.15) is 0 Å². The van der Waals surface area contributed by atoms with E-state index in [0.717, 1.165) is 38.3 Å². The fourth-order valence-electron chi connectivity index (χ4n) is 3.27. The maximum Gasteiger partial charge on any atom is 0.262 e. The van der Waals surface area contributed by atoms with Crippen molar-refractivity contribution in [1.29, 1.82) is 0 Å². The van der Waals surface area contributed by atoms with Gasteiger partial charge < -0.3 is 14.4 Å². The van der Waals surface area contributed by atoms with Gasteiger partial charge in [-0.1, -0.05) is 6.92 Å². The molecule has 2 aliphatic heterocycles. The Kier molecular flexibility index (Phi) is 5.25. The molecule has 1 N–H and O–H groups in total. The zero-order chi connectivity index (χ0) is 19.6. The summed E-state index contributed by atoms with van der Waals surface area (Å²) in [7, 11) is -3.78. The lowest BCUT2D eigenvalue weighted by molar-refractivity contribution is 0.297. The first kappa shape index (κ1) is 18.8. The molecule has 1 fully saturated rings. The average Bonchev–Trinajstić information content (AvgIpc) is 2.94. The van der Waals surface area contributed by atoms with Gasteiger partial charge in [0.05, 0.1) is 36.2 Å². The molecule has 1 saturated heterocycles. The molecule has 28 heavy (non-hydrogen) atoms. The van der Waals surface area contributed by atoms with Crippen LogP contribution in [0.3, 0.4) is 0 Å². The van der Waals surface area contributed by atoms with Gasteiger partial charge in [0, 0.05) is 25.6 Å². The Bertz CT molecular complexity index is 925. The first-order chi connectivity index (χ1) is 13.5. The number of fused-ring (bicyclic) bond motifs is 1. The Hall–Kier alpha value is -2.55. The van der Waals surface area contributed by atoms with Crippen LogP contribution in [-0.2, 0) is 10.0 Å². The van der Waals surface area contributed by atoms with Gasteiger partial charge in [0.15, 0.2) is 11.5 Å². The molecule has 0 aliphatic carbocycles. The number of ether oxygens (including phenoxy) is 2. The molecule has 0 radical (unpaired) electrons. The van der Waals surface area contributed by atoms with Gasteiger partial charge in [0.2, 0.25) is 5.95 Å². The number of benzene rings is 1. The van der Waals surface area contributed by atoms with E-state index in [9.17, 15) is 8.42 Å². The van der Waals surface area contributed by atoms with Crippen LogP contribution in [0.25, 0.3) is 0 Å². The van der Waals surface area contributed by atoms with E-state index in [1.807, 2.05) is 0 Å².